The monoisotopic (exact) mass is 251 g/mol. The molecule has 1 unspecified atom stereocenters. The van der Waals surface area contributed by atoms with Crippen LogP contribution in [0.1, 0.15) is 31.5 Å². The third-order valence-electron chi connectivity index (χ3n) is 2.18. The van der Waals surface area contributed by atoms with Gasteiger partial charge in [0.05, 0.1) is 11.0 Å². The Hall–Kier alpha value is -1.11. The lowest BCUT2D eigenvalue weighted by molar-refractivity contribution is -0.141. The lowest BCUT2D eigenvalue weighted by Gasteiger charge is -2.14. The highest BCUT2D eigenvalue weighted by atomic mass is 32.1. The van der Waals surface area contributed by atoms with E-state index >= 15 is 0 Å². The SMILES string of the molecule is CCC(CC(N)=S)n1ccc(C(F)(F)F)n1. The van der Waals surface area contributed by atoms with Crippen molar-refractivity contribution < 1.29 is 13.2 Å². The average Bonchev–Trinajstić information content (AvgIpc) is 2.61. The van der Waals surface area contributed by atoms with Crippen LogP contribution in [-0.4, -0.2) is 14.8 Å². The van der Waals surface area contributed by atoms with Crippen molar-refractivity contribution >= 4 is 17.2 Å². The molecule has 0 aliphatic carbocycles. The summed E-state index contributed by atoms with van der Waals surface area (Å²) in [4.78, 5) is 0.274. The molecule has 1 aromatic rings. The van der Waals surface area contributed by atoms with Crippen molar-refractivity contribution in [1.82, 2.24) is 9.78 Å². The molecule has 0 aromatic carbocycles. The second kappa shape index (κ2) is 4.82. The van der Waals surface area contributed by atoms with Gasteiger partial charge in [-0.3, -0.25) is 4.68 Å². The minimum Gasteiger partial charge on any atom is -0.393 e. The number of nitrogens with two attached hydrogens (primary N) is 1. The van der Waals surface area contributed by atoms with E-state index in [-0.39, 0.29) is 11.0 Å². The minimum atomic E-state index is -4.41. The molecule has 0 bridgehead atoms. The second-order valence-corrected chi connectivity index (χ2v) is 3.94. The minimum absolute atomic E-state index is 0.214. The Kier molecular flexibility index (Phi) is 3.90. The van der Waals surface area contributed by atoms with E-state index in [1.54, 1.807) is 0 Å². The molecule has 2 N–H and O–H groups in total. The molecule has 0 aliphatic heterocycles. The first-order valence-corrected chi connectivity index (χ1v) is 5.16. The first-order chi connectivity index (χ1) is 7.34. The number of hydrogen-bond donors (Lipinski definition) is 1. The number of thiocarbonyl (C=S) groups is 1. The summed E-state index contributed by atoms with van der Waals surface area (Å²) in [7, 11) is 0. The summed E-state index contributed by atoms with van der Waals surface area (Å²) >= 11 is 4.73. The lowest BCUT2D eigenvalue weighted by Crippen LogP contribution is -2.18. The normalized spacial score (nSPS) is 13.8. The molecular formula is C9H12F3N3S. The molecular weight excluding hydrogens is 239 g/mol. The third kappa shape index (κ3) is 3.19. The maximum absolute atomic E-state index is 12.3. The largest absolute Gasteiger partial charge is 0.435 e. The van der Waals surface area contributed by atoms with E-state index in [9.17, 15) is 13.2 Å². The lowest BCUT2D eigenvalue weighted by atomic mass is 10.1. The van der Waals surface area contributed by atoms with Crippen LogP contribution in [0.2, 0.25) is 0 Å². The maximum Gasteiger partial charge on any atom is 0.435 e. The molecule has 0 spiro atoms. The summed E-state index contributed by atoms with van der Waals surface area (Å²) in [5.41, 5.74) is 4.47. The van der Waals surface area contributed by atoms with Gasteiger partial charge in [0, 0.05) is 12.6 Å². The summed E-state index contributed by atoms with van der Waals surface area (Å²) < 4.78 is 38.2. The van der Waals surface area contributed by atoms with Crippen molar-refractivity contribution in [2.75, 3.05) is 0 Å². The number of halogens is 3. The number of alkyl halides is 3. The number of rotatable bonds is 4. The van der Waals surface area contributed by atoms with Gasteiger partial charge in [0.15, 0.2) is 5.69 Å². The Morgan fingerprint density at radius 3 is 2.62 bits per heavy atom. The molecule has 90 valence electrons. The van der Waals surface area contributed by atoms with Crippen LogP contribution < -0.4 is 5.73 Å². The van der Waals surface area contributed by atoms with Crippen LogP contribution in [-0.2, 0) is 6.18 Å². The second-order valence-electron chi connectivity index (χ2n) is 3.41. The van der Waals surface area contributed by atoms with Gasteiger partial charge in [0.25, 0.3) is 0 Å². The Morgan fingerprint density at radius 2 is 2.25 bits per heavy atom. The molecule has 1 rings (SSSR count). The zero-order valence-electron chi connectivity index (χ0n) is 8.66. The number of hydrogen-bond acceptors (Lipinski definition) is 2. The molecule has 0 amide bonds. The van der Waals surface area contributed by atoms with Gasteiger partial charge in [0.1, 0.15) is 0 Å². The van der Waals surface area contributed by atoms with Crippen molar-refractivity contribution in [3.05, 3.63) is 18.0 Å². The quantitative estimate of drug-likeness (QED) is 0.836. The summed E-state index contributed by atoms with van der Waals surface area (Å²) in [6.07, 6.45) is -2.14. The molecule has 0 aliphatic rings. The molecule has 0 saturated carbocycles. The molecule has 0 radical (unpaired) electrons. The molecule has 1 atom stereocenters. The van der Waals surface area contributed by atoms with E-state index < -0.39 is 11.9 Å². The Balaban J connectivity index is 2.87. The highest BCUT2D eigenvalue weighted by Gasteiger charge is 2.34. The van der Waals surface area contributed by atoms with E-state index in [2.05, 4.69) is 5.10 Å². The topological polar surface area (TPSA) is 43.8 Å². The van der Waals surface area contributed by atoms with Gasteiger partial charge >= 0.3 is 6.18 Å². The standard InChI is InChI=1S/C9H12F3N3S/c1-2-6(5-8(13)16)15-4-3-7(14-15)9(10,11)12/h3-4,6H,2,5H2,1H3,(H2,13,16). The maximum atomic E-state index is 12.3. The molecule has 1 aromatic heterocycles. The molecule has 7 heteroatoms. The highest BCUT2D eigenvalue weighted by molar-refractivity contribution is 7.80. The fraction of sp³-hybridized carbons (Fsp3) is 0.556. The van der Waals surface area contributed by atoms with Crippen molar-refractivity contribution in [2.45, 2.75) is 32.0 Å². The van der Waals surface area contributed by atoms with Crippen molar-refractivity contribution in [3.8, 4) is 0 Å². The van der Waals surface area contributed by atoms with Gasteiger partial charge in [-0.15, -0.1) is 0 Å². The van der Waals surface area contributed by atoms with E-state index in [0.717, 1.165) is 6.07 Å². The summed E-state index contributed by atoms with van der Waals surface area (Å²) in [6.45, 7) is 1.85. The van der Waals surface area contributed by atoms with Gasteiger partial charge in [-0.1, -0.05) is 19.1 Å². The molecule has 0 fully saturated rings. The average molecular weight is 251 g/mol. The summed E-state index contributed by atoms with van der Waals surface area (Å²) in [5, 5.41) is 3.48. The first-order valence-electron chi connectivity index (χ1n) is 4.75. The predicted octanol–water partition coefficient (Wildman–Crippen LogP) is 2.53. The van der Waals surface area contributed by atoms with E-state index in [4.69, 9.17) is 18.0 Å². The molecule has 16 heavy (non-hydrogen) atoms. The van der Waals surface area contributed by atoms with E-state index in [1.165, 1.54) is 10.9 Å². The van der Waals surface area contributed by atoms with Crippen LogP contribution in [0.25, 0.3) is 0 Å². The van der Waals surface area contributed by atoms with E-state index in [0.29, 0.717) is 12.8 Å². The zero-order valence-corrected chi connectivity index (χ0v) is 9.48. The molecule has 3 nitrogen and oxygen atoms in total. The van der Waals surface area contributed by atoms with Crippen LogP contribution in [0.5, 0.6) is 0 Å². The smallest absolute Gasteiger partial charge is 0.393 e. The Morgan fingerprint density at radius 1 is 1.62 bits per heavy atom. The summed E-state index contributed by atoms with van der Waals surface area (Å²) in [5.74, 6) is 0. The Bertz CT molecular complexity index is 372. The van der Waals surface area contributed by atoms with Crippen molar-refractivity contribution in [2.24, 2.45) is 5.73 Å². The van der Waals surface area contributed by atoms with Crippen molar-refractivity contribution in [1.29, 1.82) is 0 Å². The van der Waals surface area contributed by atoms with Crippen LogP contribution in [0, 0.1) is 0 Å². The third-order valence-corrected chi connectivity index (χ3v) is 2.35. The highest BCUT2D eigenvalue weighted by Crippen LogP contribution is 2.28. The van der Waals surface area contributed by atoms with Crippen LogP contribution >= 0.6 is 12.2 Å². The summed E-state index contributed by atoms with van der Waals surface area (Å²) in [6, 6.07) is 0.732. The Labute approximate surface area is 96.4 Å². The molecule has 0 saturated heterocycles. The van der Waals surface area contributed by atoms with E-state index in [1.807, 2.05) is 6.92 Å². The first kappa shape index (κ1) is 13.0. The molecule has 1 heterocycles. The number of aromatic nitrogens is 2. The van der Waals surface area contributed by atoms with Gasteiger partial charge in [0.2, 0.25) is 0 Å². The predicted molar refractivity (Wildman–Crippen MR) is 58.0 cm³/mol. The van der Waals surface area contributed by atoms with Gasteiger partial charge in [-0.25, -0.2) is 0 Å². The fourth-order valence-electron chi connectivity index (χ4n) is 1.35. The van der Waals surface area contributed by atoms with Crippen LogP contribution in [0.4, 0.5) is 13.2 Å². The van der Waals surface area contributed by atoms with Crippen LogP contribution in [0.3, 0.4) is 0 Å². The van der Waals surface area contributed by atoms with Gasteiger partial charge < -0.3 is 5.73 Å². The van der Waals surface area contributed by atoms with Gasteiger partial charge in [-0.2, -0.15) is 18.3 Å². The van der Waals surface area contributed by atoms with Gasteiger partial charge in [-0.05, 0) is 12.5 Å². The van der Waals surface area contributed by atoms with Crippen molar-refractivity contribution in [3.63, 3.8) is 0 Å². The zero-order chi connectivity index (χ0) is 12.3. The van der Waals surface area contributed by atoms with Crippen LogP contribution in [0.15, 0.2) is 12.3 Å². The fourth-order valence-corrected chi connectivity index (χ4v) is 1.54. The number of nitrogens with zero attached hydrogens (tertiary/aromatic N) is 2.